The number of rotatable bonds is 1. The molecule has 62 valence electrons. The minimum absolute atomic E-state index is 0. The summed E-state index contributed by atoms with van der Waals surface area (Å²) < 4.78 is 0.668. The van der Waals surface area contributed by atoms with E-state index < -0.39 is 0 Å². The zero-order chi connectivity index (χ0) is 7.61. The van der Waals surface area contributed by atoms with Gasteiger partial charge in [-0.15, -0.1) is 0 Å². The molecule has 1 aromatic rings. The van der Waals surface area contributed by atoms with Crippen LogP contribution in [-0.4, -0.2) is 31.1 Å². The second-order valence-electron chi connectivity index (χ2n) is 3.06. The maximum atomic E-state index is 4.11. The van der Waals surface area contributed by atoms with E-state index in [4.69, 9.17) is 0 Å². The monoisotopic (exact) mass is 173 g/mol. The first-order valence-corrected chi connectivity index (χ1v) is 3.20. The van der Waals surface area contributed by atoms with Gasteiger partial charge in [0.15, 0.2) is 0 Å². The molecule has 0 aromatic carbocycles. The third-order valence-corrected chi connectivity index (χ3v) is 1.15. The van der Waals surface area contributed by atoms with Crippen LogP contribution in [0, 0.1) is 0 Å². The molecule has 0 saturated carbocycles. The maximum absolute atomic E-state index is 4.11. The van der Waals surface area contributed by atoms with Crippen LogP contribution in [0.15, 0.2) is 18.5 Å². The SMILES string of the molecule is C[N+](C)(C)c1ncccn1.[Cl-]. The van der Waals surface area contributed by atoms with Crippen molar-refractivity contribution in [1.82, 2.24) is 14.5 Å². The molecule has 0 radical (unpaired) electrons. The highest BCUT2D eigenvalue weighted by atomic mass is 35.5. The van der Waals surface area contributed by atoms with Crippen LogP contribution in [0.25, 0.3) is 0 Å². The second-order valence-corrected chi connectivity index (χ2v) is 3.06. The summed E-state index contributed by atoms with van der Waals surface area (Å²) in [6, 6.07) is 1.82. The Bertz CT molecular complexity index is 205. The average molecular weight is 174 g/mol. The molecular weight excluding hydrogens is 162 g/mol. The molecule has 0 spiro atoms. The van der Waals surface area contributed by atoms with E-state index in [0.717, 1.165) is 5.95 Å². The van der Waals surface area contributed by atoms with Gasteiger partial charge in [0, 0.05) is 12.4 Å². The van der Waals surface area contributed by atoms with E-state index in [-0.39, 0.29) is 12.4 Å². The summed E-state index contributed by atoms with van der Waals surface area (Å²) in [5.74, 6) is 0.836. The molecule has 0 aliphatic rings. The zero-order valence-corrected chi connectivity index (χ0v) is 7.71. The van der Waals surface area contributed by atoms with Gasteiger partial charge in [0.2, 0.25) is 0 Å². The van der Waals surface area contributed by atoms with Crippen molar-refractivity contribution in [2.75, 3.05) is 21.1 Å². The Hall–Kier alpha value is -0.670. The van der Waals surface area contributed by atoms with Gasteiger partial charge in [-0.25, -0.2) is 0 Å². The molecule has 0 unspecified atom stereocenters. The first kappa shape index (κ1) is 10.3. The minimum Gasteiger partial charge on any atom is -1.00 e. The van der Waals surface area contributed by atoms with Crippen LogP contribution in [0.5, 0.6) is 0 Å². The molecule has 0 fully saturated rings. The van der Waals surface area contributed by atoms with Crippen molar-refractivity contribution in [1.29, 1.82) is 0 Å². The highest BCUT2D eigenvalue weighted by molar-refractivity contribution is 5.18. The molecule has 0 bridgehead atoms. The Morgan fingerprint density at radius 3 is 1.82 bits per heavy atom. The van der Waals surface area contributed by atoms with Gasteiger partial charge >= 0.3 is 5.95 Å². The lowest BCUT2D eigenvalue weighted by Crippen LogP contribution is -3.00. The van der Waals surface area contributed by atoms with E-state index >= 15 is 0 Å². The number of hydrogen-bond donors (Lipinski definition) is 0. The van der Waals surface area contributed by atoms with Gasteiger partial charge in [0.1, 0.15) is 0 Å². The molecule has 1 heterocycles. The van der Waals surface area contributed by atoms with Crippen molar-refractivity contribution in [3.63, 3.8) is 0 Å². The molecule has 0 amide bonds. The number of quaternary nitrogens is 1. The van der Waals surface area contributed by atoms with E-state index in [1.807, 2.05) is 27.2 Å². The van der Waals surface area contributed by atoms with Crippen molar-refractivity contribution < 1.29 is 12.4 Å². The van der Waals surface area contributed by atoms with Gasteiger partial charge in [-0.1, -0.05) is 0 Å². The second kappa shape index (κ2) is 3.64. The largest absolute Gasteiger partial charge is 1.00 e. The molecule has 4 heteroatoms. The summed E-state index contributed by atoms with van der Waals surface area (Å²) in [6.07, 6.45) is 3.51. The standard InChI is InChI=1S/C7H12N3.ClH/c1-10(2,3)7-8-5-4-6-9-7;/h4-6H,1-3H3;1H/q+1;/p-1. The Labute approximate surface area is 73.1 Å². The smallest absolute Gasteiger partial charge is 0.328 e. The van der Waals surface area contributed by atoms with E-state index in [0.29, 0.717) is 4.48 Å². The third kappa shape index (κ3) is 2.82. The predicted octanol–water partition coefficient (Wildman–Crippen LogP) is -2.32. The number of nitrogens with zero attached hydrogens (tertiary/aromatic N) is 3. The van der Waals surface area contributed by atoms with Crippen molar-refractivity contribution in [3.05, 3.63) is 18.5 Å². The molecular formula is C7H12ClN3. The lowest BCUT2D eigenvalue weighted by atomic mass is 10.6. The van der Waals surface area contributed by atoms with Gasteiger partial charge in [-0.05, 0) is 6.07 Å². The fraction of sp³-hybridized carbons (Fsp3) is 0.429. The first-order chi connectivity index (χ1) is 4.61. The lowest BCUT2D eigenvalue weighted by molar-refractivity contribution is -0.00000249. The van der Waals surface area contributed by atoms with E-state index in [2.05, 4.69) is 9.97 Å². The summed E-state index contributed by atoms with van der Waals surface area (Å²) in [7, 11) is 6.11. The fourth-order valence-electron chi connectivity index (χ4n) is 0.638. The summed E-state index contributed by atoms with van der Waals surface area (Å²) in [4.78, 5) is 8.22. The Morgan fingerprint density at radius 2 is 1.55 bits per heavy atom. The molecule has 1 rings (SSSR count). The van der Waals surface area contributed by atoms with E-state index in [9.17, 15) is 0 Å². The van der Waals surface area contributed by atoms with Crippen molar-refractivity contribution >= 4 is 5.95 Å². The van der Waals surface area contributed by atoms with Crippen molar-refractivity contribution in [2.45, 2.75) is 0 Å². The zero-order valence-electron chi connectivity index (χ0n) is 6.95. The first-order valence-electron chi connectivity index (χ1n) is 3.20. The predicted molar refractivity (Wildman–Crippen MR) is 41.6 cm³/mol. The van der Waals surface area contributed by atoms with Crippen LogP contribution in [0.2, 0.25) is 0 Å². The van der Waals surface area contributed by atoms with E-state index in [1.54, 1.807) is 12.4 Å². The quantitative estimate of drug-likeness (QED) is 0.446. The lowest BCUT2D eigenvalue weighted by Gasteiger charge is -2.19. The minimum atomic E-state index is 0. The number of hydrogen-bond acceptors (Lipinski definition) is 2. The Balaban J connectivity index is 0.000001000. The van der Waals surface area contributed by atoms with Crippen LogP contribution in [0.1, 0.15) is 0 Å². The molecule has 0 N–H and O–H groups in total. The van der Waals surface area contributed by atoms with Gasteiger partial charge < -0.3 is 12.4 Å². The van der Waals surface area contributed by atoms with Crippen molar-refractivity contribution in [3.8, 4) is 0 Å². The highest BCUT2D eigenvalue weighted by Crippen LogP contribution is 2.05. The van der Waals surface area contributed by atoms with Gasteiger partial charge in [-0.2, -0.15) is 9.97 Å². The summed E-state index contributed by atoms with van der Waals surface area (Å²) in [5, 5.41) is 0. The molecule has 3 nitrogen and oxygen atoms in total. The molecule has 0 aliphatic heterocycles. The topological polar surface area (TPSA) is 25.8 Å². The summed E-state index contributed by atoms with van der Waals surface area (Å²) in [6.45, 7) is 0. The van der Waals surface area contributed by atoms with Gasteiger partial charge in [0.25, 0.3) is 0 Å². The van der Waals surface area contributed by atoms with Gasteiger partial charge in [0.05, 0.1) is 21.1 Å². The maximum Gasteiger partial charge on any atom is 0.328 e. The number of halogens is 1. The van der Waals surface area contributed by atoms with Gasteiger partial charge in [-0.3, -0.25) is 4.48 Å². The van der Waals surface area contributed by atoms with Crippen LogP contribution in [0.3, 0.4) is 0 Å². The third-order valence-electron chi connectivity index (χ3n) is 1.15. The van der Waals surface area contributed by atoms with Crippen LogP contribution < -0.4 is 16.9 Å². The van der Waals surface area contributed by atoms with E-state index in [1.165, 1.54) is 0 Å². The molecule has 0 aliphatic carbocycles. The van der Waals surface area contributed by atoms with Crippen LogP contribution in [0.4, 0.5) is 5.95 Å². The normalized spacial score (nSPS) is 10.5. The Kier molecular flexibility index (Phi) is 3.42. The molecule has 0 saturated heterocycles. The summed E-state index contributed by atoms with van der Waals surface area (Å²) in [5.41, 5.74) is 0. The highest BCUT2D eigenvalue weighted by Gasteiger charge is 2.13. The number of aromatic nitrogens is 2. The Morgan fingerprint density at radius 1 is 1.09 bits per heavy atom. The fourth-order valence-corrected chi connectivity index (χ4v) is 0.638. The summed E-state index contributed by atoms with van der Waals surface area (Å²) >= 11 is 0. The van der Waals surface area contributed by atoms with Crippen LogP contribution in [-0.2, 0) is 0 Å². The van der Waals surface area contributed by atoms with Crippen molar-refractivity contribution in [2.24, 2.45) is 0 Å². The van der Waals surface area contributed by atoms with Crippen LogP contribution >= 0.6 is 0 Å². The molecule has 0 atom stereocenters. The molecule has 1 aromatic heterocycles. The average Bonchev–Trinajstić information content (AvgIpc) is 1.88. The molecule has 11 heavy (non-hydrogen) atoms.